The number of aliphatic hydroxyl groups is 5. The molecule has 1 fully saturated rings. The van der Waals surface area contributed by atoms with Gasteiger partial charge in [0, 0.05) is 25.7 Å². The highest BCUT2D eigenvalue weighted by molar-refractivity contribution is 5.72. The molecule has 0 unspecified atom stereocenters. The Hall–Kier alpha value is -2.40. The van der Waals surface area contributed by atoms with Gasteiger partial charge < -0.3 is 54.0 Å². The third-order valence-corrected chi connectivity index (χ3v) is 9.00. The lowest BCUT2D eigenvalue weighted by Gasteiger charge is -2.44. The van der Waals surface area contributed by atoms with Crippen LogP contribution in [0.15, 0.2) is 0 Å². The fourth-order valence-electron chi connectivity index (χ4n) is 5.71. The van der Waals surface area contributed by atoms with Gasteiger partial charge >= 0.3 is 23.9 Å². The second-order valence-electron chi connectivity index (χ2n) is 13.8. The maximum absolute atomic E-state index is 13.3. The highest BCUT2D eigenvalue weighted by atomic mass is 16.7. The molecule has 310 valence electrons. The smallest absolute Gasteiger partial charge is 0.306 e. The Morgan fingerprint density at radius 3 is 1.47 bits per heavy atom. The van der Waals surface area contributed by atoms with Crippen LogP contribution in [-0.2, 0) is 47.6 Å². The van der Waals surface area contributed by atoms with Gasteiger partial charge in [-0.25, -0.2) is 0 Å². The molecule has 1 aliphatic heterocycles. The molecule has 0 aromatic carbocycles. The van der Waals surface area contributed by atoms with Gasteiger partial charge in [-0.05, 0) is 25.7 Å². The van der Waals surface area contributed by atoms with E-state index in [1.54, 1.807) is 0 Å². The Balaban J connectivity index is 3.56. The van der Waals surface area contributed by atoms with Crippen molar-refractivity contribution < 1.29 is 73.1 Å². The second-order valence-corrected chi connectivity index (χ2v) is 13.8. The van der Waals surface area contributed by atoms with Crippen LogP contribution in [0, 0.1) is 0 Å². The molecule has 0 amide bonds. The molecule has 1 saturated heterocycles. The van der Waals surface area contributed by atoms with Gasteiger partial charge in [0.25, 0.3) is 0 Å². The van der Waals surface area contributed by atoms with Crippen LogP contribution in [-0.4, -0.2) is 124 Å². The predicted molar refractivity (Wildman–Crippen MR) is 192 cm³/mol. The molecule has 15 heteroatoms. The van der Waals surface area contributed by atoms with Crippen molar-refractivity contribution in [3.8, 4) is 0 Å². The summed E-state index contributed by atoms with van der Waals surface area (Å²) in [5, 5.41) is 50.1. The first-order valence-corrected chi connectivity index (χ1v) is 19.8. The normalized spacial score (nSPS) is 22.3. The van der Waals surface area contributed by atoms with E-state index in [1.807, 2.05) is 20.8 Å². The van der Waals surface area contributed by atoms with Gasteiger partial charge in [-0.2, -0.15) is 0 Å². The van der Waals surface area contributed by atoms with Crippen molar-refractivity contribution in [2.24, 2.45) is 0 Å². The first kappa shape index (κ1) is 48.6. The molecule has 0 radical (unpaired) electrons. The molecule has 0 bridgehead atoms. The Kier molecular flexibility index (Phi) is 26.6. The Morgan fingerprint density at radius 2 is 0.962 bits per heavy atom. The maximum atomic E-state index is 13.3. The monoisotopic (exact) mass is 764 g/mol. The number of ether oxygens (including phenoxy) is 6. The van der Waals surface area contributed by atoms with Gasteiger partial charge in [0.2, 0.25) is 0 Å². The van der Waals surface area contributed by atoms with Crippen molar-refractivity contribution >= 4 is 23.9 Å². The molecule has 1 aliphatic rings. The first-order valence-electron chi connectivity index (χ1n) is 19.8. The zero-order valence-electron chi connectivity index (χ0n) is 32.4. The summed E-state index contributed by atoms with van der Waals surface area (Å²) in [6.45, 7) is 5.91. The molecule has 15 nitrogen and oxygen atoms in total. The van der Waals surface area contributed by atoms with Crippen LogP contribution in [0.2, 0.25) is 0 Å². The topological polar surface area (TPSA) is 225 Å². The summed E-state index contributed by atoms with van der Waals surface area (Å²) in [6.07, 6.45) is -3.94. The molecule has 9 atom stereocenters. The van der Waals surface area contributed by atoms with E-state index in [9.17, 15) is 44.7 Å². The van der Waals surface area contributed by atoms with Crippen LogP contribution < -0.4 is 0 Å². The number of carbonyl (C=O) groups is 4. The van der Waals surface area contributed by atoms with Crippen LogP contribution >= 0.6 is 0 Å². The van der Waals surface area contributed by atoms with E-state index in [4.69, 9.17) is 28.4 Å². The molecular weight excluding hydrogens is 696 g/mol. The standard InChI is InChI=1S/C38H68O15/c1-5-9-13-14-18-22-32(45)53-37-36(52-31(44)21-17-12-8-4)35(51-30(43)20-16-11-7-3)28(25-48-29(42)19-15-10-6-2)50-38(37)49-24-27(41)34(47)33(46)26(40)23-39/h26-28,33-41,46-47H,5-25H2,1-4H3/t26-,27-,28+,33-,34-,35+,36-,37+,38+/m0/s1. The summed E-state index contributed by atoms with van der Waals surface area (Å²) in [4.78, 5) is 52.4. The van der Waals surface area contributed by atoms with Crippen LogP contribution in [0.25, 0.3) is 0 Å². The van der Waals surface area contributed by atoms with Crippen LogP contribution in [0.3, 0.4) is 0 Å². The second kappa shape index (κ2) is 29.0. The lowest BCUT2D eigenvalue weighted by atomic mass is 9.97. The van der Waals surface area contributed by atoms with E-state index < -0.39 is 98.8 Å². The van der Waals surface area contributed by atoms with Crippen molar-refractivity contribution in [2.45, 2.75) is 198 Å². The molecule has 1 rings (SSSR count). The molecule has 0 aliphatic carbocycles. The summed E-state index contributed by atoms with van der Waals surface area (Å²) >= 11 is 0. The fraction of sp³-hybridized carbons (Fsp3) is 0.895. The predicted octanol–water partition coefficient (Wildman–Crippen LogP) is 3.54. The number of aliphatic hydroxyl groups excluding tert-OH is 5. The third kappa shape index (κ3) is 19.7. The highest BCUT2D eigenvalue weighted by Gasteiger charge is 2.53. The zero-order chi connectivity index (χ0) is 39.6. The molecule has 0 aromatic rings. The van der Waals surface area contributed by atoms with E-state index in [2.05, 4.69) is 6.92 Å². The number of rotatable bonds is 30. The summed E-state index contributed by atoms with van der Waals surface area (Å²) in [5.74, 6) is -2.50. The SMILES string of the molecule is CCCCCCCC(=O)O[C@H]1[C@H](OC[C@H](O)[C@H](O)[C@@H](O)[C@@H](O)CO)O[C@H](COC(=O)CCCCC)[C@@H](OC(=O)CCCCC)[C@@H]1OC(=O)CCCCC. The van der Waals surface area contributed by atoms with Crippen molar-refractivity contribution in [3.63, 3.8) is 0 Å². The van der Waals surface area contributed by atoms with Gasteiger partial charge in [-0.15, -0.1) is 0 Å². The van der Waals surface area contributed by atoms with Crippen molar-refractivity contribution in [3.05, 3.63) is 0 Å². The zero-order valence-corrected chi connectivity index (χ0v) is 32.4. The van der Waals surface area contributed by atoms with Gasteiger partial charge in [-0.1, -0.05) is 91.9 Å². The molecule has 5 N–H and O–H groups in total. The summed E-state index contributed by atoms with van der Waals surface area (Å²) in [5.41, 5.74) is 0. The summed E-state index contributed by atoms with van der Waals surface area (Å²) in [7, 11) is 0. The Bertz CT molecular complexity index is 1010. The quantitative estimate of drug-likeness (QED) is 0.0401. The van der Waals surface area contributed by atoms with Crippen LogP contribution in [0.5, 0.6) is 0 Å². The average molecular weight is 765 g/mol. The number of unbranched alkanes of at least 4 members (excludes halogenated alkanes) is 10. The van der Waals surface area contributed by atoms with Crippen LogP contribution in [0.1, 0.15) is 143 Å². The van der Waals surface area contributed by atoms with Crippen molar-refractivity contribution in [1.29, 1.82) is 0 Å². The maximum Gasteiger partial charge on any atom is 0.306 e. The van der Waals surface area contributed by atoms with E-state index in [0.717, 1.165) is 64.2 Å². The number of hydrogen-bond donors (Lipinski definition) is 5. The van der Waals surface area contributed by atoms with Crippen molar-refractivity contribution in [2.75, 3.05) is 19.8 Å². The number of carbonyl (C=O) groups excluding carboxylic acids is 4. The van der Waals surface area contributed by atoms with Gasteiger partial charge in [-0.3, -0.25) is 19.2 Å². The van der Waals surface area contributed by atoms with Gasteiger partial charge in [0.1, 0.15) is 37.1 Å². The van der Waals surface area contributed by atoms with Gasteiger partial charge in [0.15, 0.2) is 24.6 Å². The van der Waals surface area contributed by atoms with E-state index in [0.29, 0.717) is 25.7 Å². The first-order chi connectivity index (χ1) is 25.4. The molecule has 0 saturated carbocycles. The summed E-state index contributed by atoms with van der Waals surface area (Å²) < 4.78 is 35.2. The van der Waals surface area contributed by atoms with E-state index in [1.165, 1.54) is 0 Å². The summed E-state index contributed by atoms with van der Waals surface area (Å²) in [6, 6.07) is 0. The minimum Gasteiger partial charge on any atom is -0.463 e. The van der Waals surface area contributed by atoms with Gasteiger partial charge in [0.05, 0.1) is 13.2 Å². The minimum atomic E-state index is -1.98. The van der Waals surface area contributed by atoms with Crippen LogP contribution in [0.4, 0.5) is 0 Å². The van der Waals surface area contributed by atoms with E-state index >= 15 is 0 Å². The third-order valence-electron chi connectivity index (χ3n) is 9.00. The lowest BCUT2D eigenvalue weighted by molar-refractivity contribution is -0.313. The molecule has 1 heterocycles. The lowest BCUT2D eigenvalue weighted by Crippen LogP contribution is -2.63. The highest BCUT2D eigenvalue weighted by Crippen LogP contribution is 2.31. The minimum absolute atomic E-state index is 0.0109. The van der Waals surface area contributed by atoms with E-state index in [-0.39, 0.29) is 25.7 Å². The molecule has 53 heavy (non-hydrogen) atoms. The molecule has 0 spiro atoms. The number of esters is 4. The number of hydrogen-bond acceptors (Lipinski definition) is 15. The molecule has 0 aromatic heterocycles. The largest absolute Gasteiger partial charge is 0.463 e. The average Bonchev–Trinajstić information content (AvgIpc) is 3.14. The Labute approximate surface area is 315 Å². The Morgan fingerprint density at radius 1 is 0.547 bits per heavy atom. The molecular formula is C38H68O15. The van der Waals surface area contributed by atoms with Crippen molar-refractivity contribution in [1.82, 2.24) is 0 Å². The fourth-order valence-corrected chi connectivity index (χ4v) is 5.71.